The number of pyridine rings is 1. The lowest BCUT2D eigenvalue weighted by molar-refractivity contribution is 0.242. The van der Waals surface area contributed by atoms with Crippen LogP contribution in [-0.4, -0.2) is 16.7 Å². The van der Waals surface area contributed by atoms with Crippen molar-refractivity contribution in [3.8, 4) is 17.2 Å². The number of aromatic nitrogens is 1. The summed E-state index contributed by atoms with van der Waals surface area (Å²) in [5, 5.41) is 12.2. The molecule has 2 unspecified atom stereocenters. The smallest absolute Gasteiger partial charge is 0.328 e. The minimum atomic E-state index is -0.460. The number of aliphatic imine (C=N–C) groups is 1. The first-order chi connectivity index (χ1) is 11.1. The number of carbonyl (C=O) groups excluding carboxylic acids is 1. The standard InChI is InChI=1S/C18H16N4O/c1-11-6-7-20-10-16(11)13-4-3-5-14(8-13)17-15(9-19)12(2)21-18(23)22-17/h3-8,10,15,17H,1-2H3,(H,22,23). The summed E-state index contributed by atoms with van der Waals surface area (Å²) in [5.74, 6) is -0.460. The van der Waals surface area contributed by atoms with Crippen LogP contribution in [0.15, 0.2) is 47.7 Å². The number of nitrogens with zero attached hydrogens (tertiary/aromatic N) is 3. The molecule has 5 heteroatoms. The first-order valence-electron chi connectivity index (χ1n) is 7.36. The summed E-state index contributed by atoms with van der Waals surface area (Å²) in [5.41, 5.74) is 4.61. The number of benzene rings is 1. The van der Waals surface area contributed by atoms with E-state index < -0.39 is 11.9 Å². The van der Waals surface area contributed by atoms with Gasteiger partial charge >= 0.3 is 6.03 Å². The van der Waals surface area contributed by atoms with Gasteiger partial charge in [-0.3, -0.25) is 4.98 Å². The number of amides is 2. The van der Waals surface area contributed by atoms with Crippen LogP contribution in [0, 0.1) is 24.2 Å². The minimum Gasteiger partial charge on any atom is -0.328 e. The molecule has 114 valence electrons. The molecule has 2 aromatic rings. The average Bonchev–Trinajstić information content (AvgIpc) is 2.55. The third-order valence-corrected chi connectivity index (χ3v) is 4.08. The predicted octanol–water partition coefficient (Wildman–Crippen LogP) is 3.42. The molecule has 3 rings (SSSR count). The fraction of sp³-hybridized carbons (Fsp3) is 0.222. The Balaban J connectivity index is 2.04. The Bertz CT molecular complexity index is 835. The van der Waals surface area contributed by atoms with E-state index in [9.17, 15) is 10.1 Å². The lowest BCUT2D eigenvalue weighted by atomic mass is 9.88. The lowest BCUT2D eigenvalue weighted by Crippen LogP contribution is -2.39. The van der Waals surface area contributed by atoms with Crippen LogP contribution >= 0.6 is 0 Å². The van der Waals surface area contributed by atoms with Gasteiger partial charge in [0.15, 0.2) is 0 Å². The zero-order chi connectivity index (χ0) is 16.4. The van der Waals surface area contributed by atoms with Crippen molar-refractivity contribution in [1.29, 1.82) is 5.26 Å². The molecule has 1 aromatic carbocycles. The lowest BCUT2D eigenvalue weighted by Gasteiger charge is -2.27. The second-order valence-corrected chi connectivity index (χ2v) is 5.60. The van der Waals surface area contributed by atoms with Gasteiger partial charge in [0.25, 0.3) is 0 Å². The molecule has 1 aromatic heterocycles. The molecule has 0 bridgehead atoms. The topological polar surface area (TPSA) is 78.1 Å². The molecule has 0 fully saturated rings. The molecule has 0 saturated carbocycles. The van der Waals surface area contributed by atoms with Crippen LogP contribution in [0.2, 0.25) is 0 Å². The van der Waals surface area contributed by atoms with E-state index >= 15 is 0 Å². The molecule has 0 aliphatic carbocycles. The van der Waals surface area contributed by atoms with Crippen molar-refractivity contribution >= 4 is 11.7 Å². The number of carbonyl (C=O) groups is 1. The largest absolute Gasteiger partial charge is 0.341 e. The van der Waals surface area contributed by atoms with E-state index in [1.54, 1.807) is 13.1 Å². The molecule has 0 radical (unpaired) electrons. The van der Waals surface area contributed by atoms with E-state index in [0.29, 0.717) is 5.71 Å². The summed E-state index contributed by atoms with van der Waals surface area (Å²) in [4.78, 5) is 19.7. The Labute approximate surface area is 134 Å². The van der Waals surface area contributed by atoms with Crippen LogP contribution < -0.4 is 5.32 Å². The van der Waals surface area contributed by atoms with E-state index in [1.807, 2.05) is 43.5 Å². The number of hydrogen-bond donors (Lipinski definition) is 1. The molecule has 0 saturated heterocycles. The Morgan fingerprint density at radius 1 is 1.26 bits per heavy atom. The monoisotopic (exact) mass is 304 g/mol. The van der Waals surface area contributed by atoms with E-state index in [-0.39, 0.29) is 6.04 Å². The molecular formula is C18H16N4O. The Hall–Kier alpha value is -3.00. The Morgan fingerprint density at radius 3 is 2.83 bits per heavy atom. The molecule has 5 nitrogen and oxygen atoms in total. The molecule has 0 spiro atoms. The summed E-state index contributed by atoms with van der Waals surface area (Å²) in [6.45, 7) is 3.75. The van der Waals surface area contributed by atoms with E-state index in [0.717, 1.165) is 22.3 Å². The normalized spacial score (nSPS) is 20.4. The molecule has 23 heavy (non-hydrogen) atoms. The second-order valence-electron chi connectivity index (χ2n) is 5.60. The average molecular weight is 304 g/mol. The van der Waals surface area contributed by atoms with Crippen LogP contribution in [-0.2, 0) is 0 Å². The third-order valence-electron chi connectivity index (χ3n) is 4.08. The minimum absolute atomic E-state index is 0.387. The third kappa shape index (κ3) is 2.84. The quantitative estimate of drug-likeness (QED) is 0.923. The van der Waals surface area contributed by atoms with Crippen LogP contribution in [0.25, 0.3) is 11.1 Å². The van der Waals surface area contributed by atoms with E-state index in [2.05, 4.69) is 21.4 Å². The van der Waals surface area contributed by atoms with Crippen LogP contribution in [0.1, 0.15) is 24.1 Å². The van der Waals surface area contributed by atoms with Crippen molar-refractivity contribution in [1.82, 2.24) is 10.3 Å². The maximum atomic E-state index is 11.7. The summed E-state index contributed by atoms with van der Waals surface area (Å²) in [7, 11) is 0. The zero-order valence-electron chi connectivity index (χ0n) is 12.9. The molecule has 2 amide bonds. The Kier molecular flexibility index (Phi) is 3.90. The predicted molar refractivity (Wildman–Crippen MR) is 87.9 cm³/mol. The highest BCUT2D eigenvalue weighted by Crippen LogP contribution is 2.30. The van der Waals surface area contributed by atoms with Gasteiger partial charge in [0.2, 0.25) is 0 Å². The van der Waals surface area contributed by atoms with Gasteiger partial charge in [0, 0.05) is 23.7 Å². The first-order valence-corrected chi connectivity index (χ1v) is 7.36. The van der Waals surface area contributed by atoms with Crippen molar-refractivity contribution in [2.75, 3.05) is 0 Å². The van der Waals surface area contributed by atoms with E-state index in [4.69, 9.17) is 0 Å². The van der Waals surface area contributed by atoms with Crippen molar-refractivity contribution in [2.45, 2.75) is 19.9 Å². The molecule has 1 aliphatic rings. The molecule has 1 N–H and O–H groups in total. The second kappa shape index (κ2) is 6.01. The van der Waals surface area contributed by atoms with Gasteiger partial charge in [-0.2, -0.15) is 5.26 Å². The highest BCUT2D eigenvalue weighted by Gasteiger charge is 2.31. The van der Waals surface area contributed by atoms with Crippen molar-refractivity contribution in [3.05, 3.63) is 53.9 Å². The number of aryl methyl sites for hydroxylation is 1. The van der Waals surface area contributed by atoms with E-state index in [1.165, 1.54) is 0 Å². The van der Waals surface area contributed by atoms with Crippen molar-refractivity contribution in [3.63, 3.8) is 0 Å². The van der Waals surface area contributed by atoms with Gasteiger partial charge in [-0.25, -0.2) is 9.79 Å². The number of rotatable bonds is 2. The Morgan fingerprint density at radius 2 is 2.09 bits per heavy atom. The van der Waals surface area contributed by atoms with Gasteiger partial charge in [0.05, 0.1) is 12.1 Å². The van der Waals surface area contributed by atoms with Gasteiger partial charge in [-0.15, -0.1) is 0 Å². The van der Waals surface area contributed by atoms with Gasteiger partial charge in [0.1, 0.15) is 5.92 Å². The first kappa shape index (κ1) is 14.9. The summed E-state index contributed by atoms with van der Waals surface area (Å²) < 4.78 is 0. The summed E-state index contributed by atoms with van der Waals surface area (Å²) in [6, 6.07) is 11.3. The maximum absolute atomic E-state index is 11.7. The van der Waals surface area contributed by atoms with Crippen molar-refractivity contribution < 1.29 is 4.79 Å². The van der Waals surface area contributed by atoms with Crippen LogP contribution in [0.5, 0.6) is 0 Å². The number of urea groups is 1. The SMILES string of the molecule is CC1=NC(=O)NC(c2cccc(-c3cnccc3C)c2)C1C#N. The molecule has 2 atom stereocenters. The highest BCUT2D eigenvalue weighted by atomic mass is 16.2. The van der Waals surface area contributed by atoms with Gasteiger partial charge in [-0.1, -0.05) is 18.2 Å². The van der Waals surface area contributed by atoms with Crippen LogP contribution in [0.3, 0.4) is 0 Å². The molecular weight excluding hydrogens is 288 g/mol. The summed E-state index contributed by atoms with van der Waals surface area (Å²) in [6.07, 6.45) is 3.58. The van der Waals surface area contributed by atoms with Gasteiger partial charge in [-0.05, 0) is 42.7 Å². The highest BCUT2D eigenvalue weighted by molar-refractivity contribution is 5.99. The fourth-order valence-corrected chi connectivity index (χ4v) is 2.83. The maximum Gasteiger partial charge on any atom is 0.341 e. The zero-order valence-corrected chi connectivity index (χ0v) is 12.9. The fourth-order valence-electron chi connectivity index (χ4n) is 2.83. The number of nitrogens with one attached hydrogen (secondary N) is 1. The molecule has 2 heterocycles. The molecule has 1 aliphatic heterocycles. The van der Waals surface area contributed by atoms with Crippen molar-refractivity contribution in [2.24, 2.45) is 10.9 Å². The number of hydrogen-bond acceptors (Lipinski definition) is 3. The number of nitriles is 1. The summed E-state index contributed by atoms with van der Waals surface area (Å²) >= 11 is 0. The van der Waals surface area contributed by atoms with Crippen LogP contribution in [0.4, 0.5) is 4.79 Å². The van der Waals surface area contributed by atoms with Gasteiger partial charge < -0.3 is 5.32 Å².